The van der Waals surface area contributed by atoms with Gasteiger partial charge in [-0.25, -0.2) is 0 Å². The third-order valence-corrected chi connectivity index (χ3v) is 4.00. The van der Waals surface area contributed by atoms with E-state index in [1.165, 1.54) is 5.56 Å². The van der Waals surface area contributed by atoms with Crippen LogP contribution >= 0.6 is 0 Å². The molecule has 0 atom stereocenters. The molecule has 0 unspecified atom stereocenters. The Morgan fingerprint density at radius 2 is 2.04 bits per heavy atom. The fraction of sp³-hybridized carbons (Fsp3) is 0.353. The lowest BCUT2D eigenvalue weighted by Crippen LogP contribution is -2.37. The molecule has 6 nitrogen and oxygen atoms in total. The summed E-state index contributed by atoms with van der Waals surface area (Å²) >= 11 is 0. The second-order valence-electron chi connectivity index (χ2n) is 5.71. The summed E-state index contributed by atoms with van der Waals surface area (Å²) < 4.78 is 1.61. The van der Waals surface area contributed by atoms with E-state index in [1.807, 2.05) is 18.2 Å². The lowest BCUT2D eigenvalue weighted by molar-refractivity contribution is 0.0742. The van der Waals surface area contributed by atoms with Crippen LogP contribution in [-0.2, 0) is 13.0 Å². The van der Waals surface area contributed by atoms with Gasteiger partial charge in [0.05, 0.1) is 6.54 Å². The summed E-state index contributed by atoms with van der Waals surface area (Å²) in [7, 11) is 1.75. The third kappa shape index (κ3) is 3.41. The normalized spacial score (nSPS) is 13.8. The molecule has 1 aliphatic heterocycles. The number of carbonyl (C=O) groups is 2. The number of hydrogen-bond donors (Lipinski definition) is 1. The maximum Gasteiger partial charge on any atom is 0.271 e. The van der Waals surface area contributed by atoms with Crippen LogP contribution in [0.2, 0.25) is 0 Å². The van der Waals surface area contributed by atoms with Crippen molar-refractivity contribution in [2.75, 3.05) is 20.1 Å². The highest BCUT2D eigenvalue weighted by molar-refractivity contribution is 5.98. The van der Waals surface area contributed by atoms with E-state index in [1.54, 1.807) is 22.7 Å². The van der Waals surface area contributed by atoms with Crippen LogP contribution in [0.4, 0.5) is 0 Å². The van der Waals surface area contributed by atoms with Crippen molar-refractivity contribution in [3.8, 4) is 0 Å². The van der Waals surface area contributed by atoms with Crippen LogP contribution in [0.5, 0.6) is 0 Å². The zero-order valence-corrected chi connectivity index (χ0v) is 13.2. The van der Waals surface area contributed by atoms with Crippen molar-refractivity contribution >= 4 is 11.8 Å². The van der Waals surface area contributed by atoms with E-state index in [0.717, 1.165) is 12.8 Å². The van der Waals surface area contributed by atoms with Gasteiger partial charge in [0.2, 0.25) is 0 Å². The van der Waals surface area contributed by atoms with E-state index in [2.05, 4.69) is 22.5 Å². The molecule has 3 rings (SSSR count). The maximum atomic E-state index is 12.2. The molecule has 2 aromatic rings. The molecule has 0 aliphatic carbocycles. The highest BCUT2D eigenvalue weighted by Gasteiger charge is 2.25. The van der Waals surface area contributed by atoms with Gasteiger partial charge in [0.1, 0.15) is 5.69 Å². The fourth-order valence-electron chi connectivity index (χ4n) is 2.64. The molecule has 1 N–H and O–H groups in total. The number of nitrogens with one attached hydrogen (secondary N) is 1. The van der Waals surface area contributed by atoms with E-state index < -0.39 is 0 Å². The predicted octanol–water partition coefficient (Wildman–Crippen LogP) is 1.33. The van der Waals surface area contributed by atoms with Gasteiger partial charge in [-0.2, -0.15) is 5.10 Å². The van der Waals surface area contributed by atoms with Gasteiger partial charge in [0.15, 0.2) is 5.69 Å². The number of rotatable bonds is 5. The Hall–Kier alpha value is -2.63. The van der Waals surface area contributed by atoms with Crippen molar-refractivity contribution < 1.29 is 9.59 Å². The summed E-state index contributed by atoms with van der Waals surface area (Å²) in [6.07, 6.45) is 1.79. The number of carbonyl (C=O) groups excluding carboxylic acids is 2. The van der Waals surface area contributed by atoms with Crippen molar-refractivity contribution in [3.63, 3.8) is 0 Å². The Balaban J connectivity index is 1.53. The molecular weight excluding hydrogens is 292 g/mol. The molecule has 1 aromatic heterocycles. The molecule has 0 spiro atoms. The third-order valence-electron chi connectivity index (χ3n) is 4.00. The molecule has 1 aromatic carbocycles. The quantitative estimate of drug-likeness (QED) is 0.847. The standard InChI is InChI=1S/C17H20N4O2/c1-20-10-11-21-15(17(20)23)12-14(19-21)16(22)18-9-5-8-13-6-3-2-4-7-13/h2-4,6-7,12H,5,8-11H2,1H3,(H,18,22). The summed E-state index contributed by atoms with van der Waals surface area (Å²) in [6.45, 7) is 1.83. The van der Waals surface area contributed by atoms with E-state index in [-0.39, 0.29) is 11.8 Å². The van der Waals surface area contributed by atoms with Crippen LogP contribution in [0.25, 0.3) is 0 Å². The Kier molecular flexibility index (Phi) is 4.41. The molecule has 0 fully saturated rings. The SMILES string of the molecule is CN1CCn2nc(C(=O)NCCCc3ccccc3)cc2C1=O. The van der Waals surface area contributed by atoms with Crippen molar-refractivity contribution in [1.82, 2.24) is 20.0 Å². The van der Waals surface area contributed by atoms with Crippen LogP contribution in [0, 0.1) is 0 Å². The molecule has 23 heavy (non-hydrogen) atoms. The van der Waals surface area contributed by atoms with Crippen LogP contribution < -0.4 is 5.32 Å². The van der Waals surface area contributed by atoms with Gasteiger partial charge >= 0.3 is 0 Å². The first-order chi connectivity index (χ1) is 11.1. The molecule has 2 amide bonds. The van der Waals surface area contributed by atoms with Crippen molar-refractivity contribution in [1.29, 1.82) is 0 Å². The van der Waals surface area contributed by atoms with Gasteiger partial charge in [-0.15, -0.1) is 0 Å². The largest absolute Gasteiger partial charge is 0.351 e. The second-order valence-corrected chi connectivity index (χ2v) is 5.71. The molecule has 120 valence electrons. The first kappa shape index (κ1) is 15.3. The Morgan fingerprint density at radius 1 is 1.26 bits per heavy atom. The van der Waals surface area contributed by atoms with Gasteiger partial charge in [0, 0.05) is 26.2 Å². The van der Waals surface area contributed by atoms with Crippen LogP contribution in [0.15, 0.2) is 36.4 Å². The molecule has 0 saturated heterocycles. The minimum absolute atomic E-state index is 0.0909. The molecular formula is C17H20N4O2. The summed E-state index contributed by atoms with van der Waals surface area (Å²) in [5.74, 6) is -0.317. The first-order valence-corrected chi connectivity index (χ1v) is 7.80. The number of fused-ring (bicyclic) bond motifs is 1. The van der Waals surface area contributed by atoms with Gasteiger partial charge < -0.3 is 10.2 Å². The van der Waals surface area contributed by atoms with E-state index in [4.69, 9.17) is 0 Å². The summed E-state index contributed by atoms with van der Waals surface area (Å²) in [4.78, 5) is 25.8. The predicted molar refractivity (Wildman–Crippen MR) is 86.3 cm³/mol. The Labute approximate surface area is 135 Å². The smallest absolute Gasteiger partial charge is 0.271 e. The van der Waals surface area contributed by atoms with E-state index in [0.29, 0.717) is 31.0 Å². The monoisotopic (exact) mass is 312 g/mol. The fourth-order valence-corrected chi connectivity index (χ4v) is 2.64. The van der Waals surface area contributed by atoms with E-state index >= 15 is 0 Å². The average molecular weight is 312 g/mol. The Morgan fingerprint density at radius 3 is 2.83 bits per heavy atom. The minimum atomic E-state index is -0.226. The summed E-state index contributed by atoms with van der Waals surface area (Å²) in [6, 6.07) is 11.7. The molecule has 1 aliphatic rings. The number of benzene rings is 1. The highest BCUT2D eigenvalue weighted by atomic mass is 16.2. The number of amides is 2. The molecule has 0 radical (unpaired) electrons. The van der Waals surface area contributed by atoms with Gasteiger partial charge in [-0.05, 0) is 18.4 Å². The van der Waals surface area contributed by atoms with Crippen LogP contribution in [0.1, 0.15) is 33.0 Å². The van der Waals surface area contributed by atoms with Crippen LogP contribution in [0.3, 0.4) is 0 Å². The number of aryl methyl sites for hydroxylation is 1. The topological polar surface area (TPSA) is 67.2 Å². The van der Waals surface area contributed by atoms with E-state index in [9.17, 15) is 9.59 Å². The van der Waals surface area contributed by atoms with Gasteiger partial charge in [-0.1, -0.05) is 30.3 Å². The van der Waals surface area contributed by atoms with Crippen LogP contribution in [-0.4, -0.2) is 46.6 Å². The molecule has 6 heteroatoms. The average Bonchev–Trinajstić information content (AvgIpc) is 3.01. The zero-order valence-electron chi connectivity index (χ0n) is 13.2. The maximum absolute atomic E-state index is 12.2. The zero-order chi connectivity index (χ0) is 16.2. The number of likely N-dealkylation sites (N-methyl/N-ethyl adjacent to an activating group) is 1. The lowest BCUT2D eigenvalue weighted by Gasteiger charge is -2.22. The second kappa shape index (κ2) is 6.64. The molecule has 0 saturated carbocycles. The molecule has 2 heterocycles. The lowest BCUT2D eigenvalue weighted by atomic mass is 10.1. The number of aromatic nitrogens is 2. The first-order valence-electron chi connectivity index (χ1n) is 7.80. The van der Waals surface area contributed by atoms with Crippen molar-refractivity contribution in [2.45, 2.75) is 19.4 Å². The van der Waals surface area contributed by atoms with Gasteiger partial charge in [0.25, 0.3) is 11.8 Å². The van der Waals surface area contributed by atoms with Gasteiger partial charge in [-0.3, -0.25) is 14.3 Å². The van der Waals surface area contributed by atoms with Crippen molar-refractivity contribution in [3.05, 3.63) is 53.3 Å². The highest BCUT2D eigenvalue weighted by Crippen LogP contribution is 2.12. The molecule has 0 bridgehead atoms. The Bertz CT molecular complexity index is 709. The number of nitrogens with zero attached hydrogens (tertiary/aromatic N) is 3. The minimum Gasteiger partial charge on any atom is -0.351 e. The van der Waals surface area contributed by atoms with Crippen molar-refractivity contribution in [2.24, 2.45) is 0 Å². The summed E-state index contributed by atoms with van der Waals surface area (Å²) in [5.41, 5.74) is 2.05. The summed E-state index contributed by atoms with van der Waals surface area (Å²) in [5, 5.41) is 7.09. The number of hydrogen-bond acceptors (Lipinski definition) is 3.